The molecule has 0 aliphatic carbocycles. The first-order valence-electron chi connectivity index (χ1n) is 11.2. The molecule has 1 aromatic carbocycles. The molecule has 2 rings (SSSR count). The minimum atomic E-state index is -1.26. The Balaban J connectivity index is 0.000000658. The number of benzene rings is 1. The minimum Gasteiger partial charge on any atom is -0.480 e. The monoisotopic (exact) mass is 492 g/mol. The van der Waals surface area contributed by atoms with Crippen LogP contribution in [-0.2, 0) is 35.1 Å². The highest BCUT2D eigenvalue weighted by atomic mass is 16.5. The van der Waals surface area contributed by atoms with Crippen molar-refractivity contribution in [1.29, 1.82) is 0 Å². The van der Waals surface area contributed by atoms with Gasteiger partial charge < -0.3 is 25.0 Å². The van der Waals surface area contributed by atoms with E-state index >= 15 is 0 Å². The van der Waals surface area contributed by atoms with Crippen molar-refractivity contribution < 1.29 is 44.0 Å². The second kappa shape index (κ2) is 15.2. The Morgan fingerprint density at radius 2 is 1.69 bits per heavy atom. The van der Waals surface area contributed by atoms with Crippen LogP contribution in [0, 0.1) is 0 Å². The third-order valence-electron chi connectivity index (χ3n) is 5.15. The van der Waals surface area contributed by atoms with E-state index in [1.54, 1.807) is 13.8 Å². The Hall–Kier alpha value is -3.73. The van der Waals surface area contributed by atoms with Gasteiger partial charge in [-0.25, -0.2) is 14.4 Å². The Kier molecular flexibility index (Phi) is 12.7. The van der Waals surface area contributed by atoms with Gasteiger partial charge in [0.1, 0.15) is 12.1 Å². The van der Waals surface area contributed by atoms with E-state index in [0.717, 1.165) is 5.56 Å². The molecule has 0 saturated carbocycles. The number of aliphatic carboxylic acids is 3. The number of ether oxygens (including phenoxy) is 1. The zero-order valence-corrected chi connectivity index (χ0v) is 19.8. The van der Waals surface area contributed by atoms with Crippen LogP contribution in [-0.4, -0.2) is 81.3 Å². The van der Waals surface area contributed by atoms with Gasteiger partial charge in [-0.15, -0.1) is 0 Å². The normalized spacial score (nSPS) is 16.6. The molecule has 4 N–H and O–H groups in total. The molecule has 3 atom stereocenters. The fraction of sp³-hybridized carbons (Fsp3) is 0.458. The average Bonchev–Trinajstić information content (AvgIpc) is 3.31. The van der Waals surface area contributed by atoms with Crippen LogP contribution in [0.3, 0.4) is 0 Å². The number of carboxylic acids is 3. The van der Waals surface area contributed by atoms with Crippen molar-refractivity contribution in [3.8, 4) is 0 Å². The van der Waals surface area contributed by atoms with E-state index in [9.17, 15) is 29.1 Å². The minimum absolute atomic E-state index is 0.262. The van der Waals surface area contributed by atoms with Crippen molar-refractivity contribution in [2.75, 3.05) is 13.2 Å². The summed E-state index contributed by atoms with van der Waals surface area (Å²) in [4.78, 5) is 56.8. The van der Waals surface area contributed by atoms with Crippen LogP contribution in [0.1, 0.15) is 38.7 Å². The maximum absolute atomic E-state index is 12.7. The van der Waals surface area contributed by atoms with Crippen molar-refractivity contribution in [3.05, 3.63) is 48.0 Å². The lowest BCUT2D eigenvalue weighted by Gasteiger charge is -2.27. The van der Waals surface area contributed by atoms with E-state index in [4.69, 9.17) is 14.9 Å². The molecule has 11 nitrogen and oxygen atoms in total. The molecule has 192 valence electrons. The molecule has 1 heterocycles. The van der Waals surface area contributed by atoms with Crippen LogP contribution in [0.2, 0.25) is 0 Å². The SMILES string of the molecule is CCOC(=O)C(CCc1ccccc1)NC(C)C(=O)N1CCCC1C(=O)O.O=C(O)/C=C/C(=O)O. The summed E-state index contributed by atoms with van der Waals surface area (Å²) in [6, 6.07) is 7.69. The first kappa shape index (κ1) is 29.3. The molecular formula is C24H32N2O9. The highest BCUT2D eigenvalue weighted by molar-refractivity contribution is 5.89. The summed E-state index contributed by atoms with van der Waals surface area (Å²) in [6.07, 6.45) is 3.40. The Bertz CT molecular complexity index is 886. The maximum atomic E-state index is 12.7. The van der Waals surface area contributed by atoms with Crippen molar-refractivity contribution in [1.82, 2.24) is 10.2 Å². The number of aryl methyl sites for hydroxylation is 1. The van der Waals surface area contributed by atoms with Crippen LogP contribution in [0.5, 0.6) is 0 Å². The number of amides is 1. The summed E-state index contributed by atoms with van der Waals surface area (Å²) in [7, 11) is 0. The smallest absolute Gasteiger partial charge is 0.328 e. The lowest BCUT2D eigenvalue weighted by Crippen LogP contribution is -2.53. The molecule has 1 aliphatic rings. The first-order valence-corrected chi connectivity index (χ1v) is 11.2. The lowest BCUT2D eigenvalue weighted by molar-refractivity contribution is -0.150. The molecule has 0 radical (unpaired) electrons. The van der Waals surface area contributed by atoms with Gasteiger partial charge in [-0.3, -0.25) is 14.9 Å². The summed E-state index contributed by atoms with van der Waals surface area (Å²) in [5.41, 5.74) is 1.10. The number of carboxylic acid groups (broad SMARTS) is 3. The summed E-state index contributed by atoms with van der Waals surface area (Å²) in [5.74, 6) is -4.20. The number of rotatable bonds is 11. The standard InChI is InChI=1S/C20H28N2O5.C4H4O4/c1-3-27-20(26)16(12-11-15-8-5-4-6-9-15)21-14(2)18(23)22-13-7-10-17(22)19(24)25;5-3(6)1-2-4(7)8/h4-6,8-9,14,16-17,21H,3,7,10-13H2,1-2H3,(H,24,25);1-2H,(H,5,6)(H,7,8)/b;2-1+. The topological polar surface area (TPSA) is 171 Å². The largest absolute Gasteiger partial charge is 0.480 e. The average molecular weight is 493 g/mol. The molecule has 1 saturated heterocycles. The zero-order chi connectivity index (χ0) is 26.4. The van der Waals surface area contributed by atoms with Gasteiger partial charge in [-0.1, -0.05) is 30.3 Å². The maximum Gasteiger partial charge on any atom is 0.328 e. The van der Waals surface area contributed by atoms with E-state index in [1.807, 2.05) is 30.3 Å². The number of carbonyl (C=O) groups is 5. The van der Waals surface area contributed by atoms with Crippen LogP contribution < -0.4 is 5.32 Å². The van der Waals surface area contributed by atoms with Gasteiger partial charge >= 0.3 is 23.9 Å². The number of esters is 1. The molecule has 1 aromatic rings. The fourth-order valence-electron chi connectivity index (χ4n) is 3.52. The molecule has 11 heteroatoms. The lowest BCUT2D eigenvalue weighted by atomic mass is 10.0. The highest BCUT2D eigenvalue weighted by Gasteiger charge is 2.36. The molecule has 0 spiro atoms. The Labute approximate surface area is 203 Å². The van der Waals surface area contributed by atoms with E-state index < -0.39 is 42.0 Å². The number of nitrogens with zero attached hydrogens (tertiary/aromatic N) is 1. The van der Waals surface area contributed by atoms with Gasteiger partial charge in [0.15, 0.2) is 0 Å². The summed E-state index contributed by atoms with van der Waals surface area (Å²) < 4.78 is 5.14. The number of nitrogens with one attached hydrogen (secondary N) is 1. The molecule has 0 aromatic heterocycles. The highest BCUT2D eigenvalue weighted by Crippen LogP contribution is 2.19. The van der Waals surface area contributed by atoms with Crippen LogP contribution in [0.25, 0.3) is 0 Å². The molecule has 1 aliphatic heterocycles. The molecular weight excluding hydrogens is 460 g/mol. The molecule has 0 bridgehead atoms. The van der Waals surface area contributed by atoms with Crippen molar-refractivity contribution in [2.45, 2.75) is 57.7 Å². The van der Waals surface area contributed by atoms with E-state index in [1.165, 1.54) is 4.90 Å². The third kappa shape index (κ3) is 10.8. The number of likely N-dealkylation sites (tertiary alicyclic amines) is 1. The van der Waals surface area contributed by atoms with Gasteiger partial charge in [0.05, 0.1) is 12.6 Å². The van der Waals surface area contributed by atoms with Gasteiger partial charge in [0, 0.05) is 18.7 Å². The number of carbonyl (C=O) groups excluding carboxylic acids is 2. The van der Waals surface area contributed by atoms with E-state index in [-0.39, 0.29) is 12.5 Å². The van der Waals surface area contributed by atoms with E-state index in [0.29, 0.717) is 44.4 Å². The second-order valence-corrected chi connectivity index (χ2v) is 7.75. The van der Waals surface area contributed by atoms with Crippen molar-refractivity contribution >= 4 is 29.8 Å². The molecule has 35 heavy (non-hydrogen) atoms. The van der Waals surface area contributed by atoms with Gasteiger partial charge in [0.25, 0.3) is 0 Å². The summed E-state index contributed by atoms with van der Waals surface area (Å²) >= 11 is 0. The van der Waals surface area contributed by atoms with E-state index in [2.05, 4.69) is 5.32 Å². The van der Waals surface area contributed by atoms with Crippen LogP contribution >= 0.6 is 0 Å². The van der Waals surface area contributed by atoms with Gasteiger partial charge in [0.2, 0.25) is 5.91 Å². The fourth-order valence-corrected chi connectivity index (χ4v) is 3.52. The number of hydrogen-bond donors (Lipinski definition) is 4. The number of hydrogen-bond acceptors (Lipinski definition) is 7. The van der Waals surface area contributed by atoms with Gasteiger partial charge in [-0.2, -0.15) is 0 Å². The predicted octanol–water partition coefficient (Wildman–Crippen LogP) is 1.32. The molecule has 1 amide bonds. The van der Waals surface area contributed by atoms with Crippen LogP contribution in [0.15, 0.2) is 42.5 Å². The summed E-state index contributed by atoms with van der Waals surface area (Å²) in [6.45, 7) is 4.09. The molecule has 1 fully saturated rings. The Morgan fingerprint density at radius 1 is 1.09 bits per heavy atom. The van der Waals surface area contributed by atoms with Crippen LogP contribution in [0.4, 0.5) is 0 Å². The quantitative estimate of drug-likeness (QED) is 0.261. The van der Waals surface area contributed by atoms with Gasteiger partial charge in [-0.05, 0) is 45.1 Å². The predicted molar refractivity (Wildman–Crippen MR) is 125 cm³/mol. The van der Waals surface area contributed by atoms with Crippen molar-refractivity contribution in [3.63, 3.8) is 0 Å². The Morgan fingerprint density at radius 3 is 2.20 bits per heavy atom. The summed E-state index contributed by atoms with van der Waals surface area (Å²) in [5, 5.41) is 27.9. The second-order valence-electron chi connectivity index (χ2n) is 7.75. The third-order valence-corrected chi connectivity index (χ3v) is 5.15. The van der Waals surface area contributed by atoms with Crippen molar-refractivity contribution in [2.24, 2.45) is 0 Å². The zero-order valence-electron chi connectivity index (χ0n) is 19.8. The first-order chi connectivity index (χ1) is 16.6. The molecule has 3 unspecified atom stereocenters.